The second kappa shape index (κ2) is 10.9. The minimum atomic E-state index is 1.17. The minimum Gasteiger partial charge on any atom is -0.210 e. The minimum absolute atomic E-state index is 1.17. The molecule has 0 heterocycles. The Bertz CT molecular complexity index is 732. The predicted molar refractivity (Wildman–Crippen MR) is 114 cm³/mol. The smallest absolute Gasteiger partial charge is 0.0512 e. The molecule has 3 aromatic rings. The van der Waals surface area contributed by atoms with Gasteiger partial charge >= 0.3 is 70.0 Å². The largest absolute Gasteiger partial charge is 0.210 e. The molecule has 0 saturated carbocycles. The molecule has 5 rings (SSSR count). The molecule has 0 bridgehead atoms. The first kappa shape index (κ1) is 20.4. The van der Waals surface area contributed by atoms with Gasteiger partial charge in [-0.3, -0.25) is 0 Å². The van der Waals surface area contributed by atoms with Crippen molar-refractivity contribution in [1.82, 2.24) is 0 Å². The molecule has 0 unspecified atom stereocenters. The Morgan fingerprint density at radius 2 is 1.19 bits per heavy atom. The van der Waals surface area contributed by atoms with Crippen LogP contribution < -0.4 is 0 Å². The summed E-state index contributed by atoms with van der Waals surface area (Å²) in [5.74, 6) is 0. The van der Waals surface area contributed by atoms with Gasteiger partial charge < -0.3 is 0 Å². The maximum absolute atomic E-state index is 2.26. The van der Waals surface area contributed by atoms with Crippen molar-refractivity contribution < 1.29 is 23.9 Å². The van der Waals surface area contributed by atoms with Crippen LogP contribution in [0.2, 0.25) is 0 Å². The summed E-state index contributed by atoms with van der Waals surface area (Å²) in [4.78, 5) is 0. The van der Waals surface area contributed by atoms with Crippen LogP contribution in [-0.2, 0) is 49.6 Å². The molecule has 138 valence electrons. The van der Waals surface area contributed by atoms with Crippen molar-refractivity contribution in [3.05, 3.63) is 94.5 Å². The Morgan fingerprint density at radius 3 is 1.59 bits per heavy atom. The summed E-state index contributed by atoms with van der Waals surface area (Å²) < 4.78 is 1.51. The zero-order valence-electron chi connectivity index (χ0n) is 16.5. The average Bonchev–Trinajstić information content (AvgIpc) is 3.39. The van der Waals surface area contributed by atoms with E-state index in [0.717, 1.165) is 0 Å². The van der Waals surface area contributed by atoms with E-state index in [1.54, 1.807) is 22.3 Å². The Kier molecular flexibility index (Phi) is 8.20. The van der Waals surface area contributed by atoms with Crippen LogP contribution in [0.5, 0.6) is 0 Å². The summed E-state index contributed by atoms with van der Waals surface area (Å²) in [6.45, 7) is 2.18. The molecule has 2 aliphatic rings. The summed E-state index contributed by atoms with van der Waals surface area (Å²) >= 11 is 1.17. The Morgan fingerprint density at radius 1 is 0.704 bits per heavy atom. The molecule has 0 N–H and O–H groups in total. The van der Waals surface area contributed by atoms with Crippen molar-refractivity contribution in [1.29, 1.82) is 0 Å². The molecule has 2 aliphatic carbocycles. The maximum atomic E-state index is 2.26. The summed E-state index contributed by atoms with van der Waals surface area (Å²) in [5, 5.41) is 0. The standard InChI is InChI=1S/2C9H11.C8H8.Hf/c2*1-2-5-9-7-3-6-8(9)4-1;1-2-8-6-4-3-5-7-8;/h2*3,6-7H,1-2,4-5H2;3-7H,1H3;/q2*-1;;+2. The van der Waals surface area contributed by atoms with Crippen molar-refractivity contribution in [2.75, 3.05) is 0 Å². The van der Waals surface area contributed by atoms with Crippen molar-refractivity contribution in [3.8, 4) is 0 Å². The van der Waals surface area contributed by atoms with E-state index >= 15 is 0 Å². The zero-order chi connectivity index (χ0) is 18.9. The van der Waals surface area contributed by atoms with Crippen molar-refractivity contribution in [3.63, 3.8) is 0 Å². The summed E-state index contributed by atoms with van der Waals surface area (Å²) in [7, 11) is 0. The van der Waals surface area contributed by atoms with Gasteiger partial charge in [-0.2, -0.15) is 46.5 Å². The van der Waals surface area contributed by atoms with Crippen LogP contribution in [0, 0.1) is 0 Å². The topological polar surface area (TPSA) is 0 Å². The van der Waals surface area contributed by atoms with E-state index in [1.165, 1.54) is 84.1 Å². The van der Waals surface area contributed by atoms with E-state index < -0.39 is 0 Å². The van der Waals surface area contributed by atoms with Crippen LogP contribution >= 0.6 is 0 Å². The second-order valence-electron chi connectivity index (χ2n) is 7.56. The van der Waals surface area contributed by atoms with Crippen LogP contribution in [-0.4, -0.2) is 3.26 Å². The van der Waals surface area contributed by atoms with Crippen LogP contribution in [0.4, 0.5) is 0 Å². The number of fused-ring (bicyclic) bond motifs is 2. The van der Waals surface area contributed by atoms with Crippen molar-refractivity contribution in [2.24, 2.45) is 0 Å². The summed E-state index contributed by atoms with van der Waals surface area (Å²) in [5.41, 5.74) is 7.79. The number of hydrogen-bond donors (Lipinski definition) is 0. The van der Waals surface area contributed by atoms with Gasteiger partial charge in [-0.1, -0.05) is 51.4 Å². The molecule has 0 atom stereocenters. The summed E-state index contributed by atoms with van der Waals surface area (Å²) in [6.07, 6.45) is 10.9. The Balaban J connectivity index is 0.000000117. The third-order valence-electron chi connectivity index (χ3n) is 5.51. The fourth-order valence-electron chi connectivity index (χ4n) is 3.91. The van der Waals surface area contributed by atoms with Crippen LogP contribution in [0.3, 0.4) is 0 Å². The van der Waals surface area contributed by atoms with Crippen LogP contribution in [0.15, 0.2) is 66.7 Å². The molecular formula is C26H30Hf. The van der Waals surface area contributed by atoms with E-state index in [1.807, 2.05) is 6.07 Å². The van der Waals surface area contributed by atoms with Gasteiger partial charge in [0, 0.05) is 0 Å². The van der Waals surface area contributed by atoms with Gasteiger partial charge in [0.15, 0.2) is 0 Å². The number of benzene rings is 1. The fraction of sp³-hybridized carbons (Fsp3) is 0.346. The quantitative estimate of drug-likeness (QED) is 0.259. The van der Waals surface area contributed by atoms with Gasteiger partial charge in [-0.25, -0.2) is 12.1 Å². The Hall–Kier alpha value is -1.34. The number of hydrogen-bond acceptors (Lipinski definition) is 0. The average molecular weight is 521 g/mol. The van der Waals surface area contributed by atoms with Gasteiger partial charge in [0.2, 0.25) is 0 Å². The molecule has 27 heavy (non-hydrogen) atoms. The van der Waals surface area contributed by atoms with E-state index in [9.17, 15) is 0 Å². The molecule has 0 nitrogen and oxygen atoms in total. The third-order valence-corrected chi connectivity index (χ3v) is 6.54. The molecule has 0 aromatic heterocycles. The number of aryl methyl sites for hydroxylation is 4. The molecule has 0 aliphatic heterocycles. The molecule has 1 heteroatoms. The molecule has 0 saturated heterocycles. The second-order valence-corrected chi connectivity index (χ2v) is 10.3. The van der Waals surface area contributed by atoms with Gasteiger partial charge in [0.1, 0.15) is 0 Å². The van der Waals surface area contributed by atoms with Gasteiger partial charge in [0.25, 0.3) is 0 Å². The first-order valence-electron chi connectivity index (χ1n) is 10.3. The van der Waals surface area contributed by atoms with E-state index in [2.05, 4.69) is 67.6 Å². The predicted octanol–water partition coefficient (Wildman–Crippen LogP) is 6.34. The SMILES string of the molecule is C[C](=[Hf+2])c1ccccc1.c1cc2c([cH-]1)CCCC2.c1cc2c([cH-]1)CCCC2. The van der Waals surface area contributed by atoms with E-state index in [0.29, 0.717) is 0 Å². The van der Waals surface area contributed by atoms with Crippen molar-refractivity contribution >= 4 is 3.26 Å². The Labute approximate surface area is 179 Å². The summed E-state index contributed by atoms with van der Waals surface area (Å²) in [6, 6.07) is 23.9. The van der Waals surface area contributed by atoms with Gasteiger partial charge in [-0.15, -0.1) is 0 Å². The van der Waals surface area contributed by atoms with E-state index in [4.69, 9.17) is 0 Å². The van der Waals surface area contributed by atoms with Crippen LogP contribution in [0.1, 0.15) is 60.4 Å². The van der Waals surface area contributed by atoms with E-state index in [-0.39, 0.29) is 0 Å². The van der Waals surface area contributed by atoms with Crippen molar-refractivity contribution in [2.45, 2.75) is 58.3 Å². The van der Waals surface area contributed by atoms with Crippen LogP contribution in [0.25, 0.3) is 0 Å². The normalized spacial score (nSPS) is 14.6. The van der Waals surface area contributed by atoms with Gasteiger partial charge in [0.05, 0.1) is 0 Å². The number of rotatable bonds is 1. The maximum Gasteiger partial charge on any atom is -0.0512 e. The monoisotopic (exact) mass is 522 g/mol. The van der Waals surface area contributed by atoms with Gasteiger partial charge in [-0.05, 0) is 0 Å². The molecular weight excluding hydrogens is 491 g/mol. The fourth-order valence-corrected chi connectivity index (χ4v) is 4.51. The molecule has 0 fully saturated rings. The first-order chi connectivity index (χ1) is 13.2. The molecule has 0 spiro atoms. The zero-order valence-corrected chi connectivity index (χ0v) is 20.1. The molecule has 0 radical (unpaired) electrons. The molecule has 3 aromatic carbocycles. The third kappa shape index (κ3) is 6.35. The first-order valence-corrected chi connectivity index (χ1v) is 12.1. The molecule has 0 amide bonds.